The Kier molecular flexibility index (Phi) is 8.78. The van der Waals surface area contributed by atoms with Gasteiger partial charge in [0.25, 0.3) is 11.5 Å². The van der Waals surface area contributed by atoms with Crippen LogP contribution in [-0.2, 0) is 21.9 Å². The summed E-state index contributed by atoms with van der Waals surface area (Å²) in [5, 5.41) is 4.88. The van der Waals surface area contributed by atoms with Gasteiger partial charge in [0.15, 0.2) is 4.32 Å². The largest absolute Gasteiger partial charge is 0.296 e. The Hall–Kier alpha value is -4.56. The lowest BCUT2D eigenvalue weighted by molar-refractivity contribution is -0.113. The molecule has 7 rings (SSSR count). The molecular formula is C36H34N6O4S3. The summed E-state index contributed by atoms with van der Waals surface area (Å²) < 4.78 is 34.1. The number of thioether (sulfide) groups is 1. The number of rotatable bonds is 7. The fraction of sp³-hybridized carbons (Fsp3) is 0.222. The Morgan fingerprint density at radius 2 is 1.57 bits per heavy atom. The maximum atomic E-state index is 14.1. The first-order valence-corrected chi connectivity index (χ1v) is 18.6. The van der Waals surface area contributed by atoms with Gasteiger partial charge in [0.05, 0.1) is 26.9 Å². The number of nitrogens with zero attached hydrogens (tertiary/aromatic N) is 6. The number of carbonyl (C=O) groups is 1. The summed E-state index contributed by atoms with van der Waals surface area (Å²) in [5.41, 5.74) is 3.58. The lowest BCUT2D eigenvalue weighted by atomic mass is 10.0. The highest BCUT2D eigenvalue weighted by atomic mass is 32.2. The maximum absolute atomic E-state index is 14.1. The fourth-order valence-corrected chi connectivity index (χ4v) is 9.00. The van der Waals surface area contributed by atoms with E-state index in [9.17, 15) is 18.0 Å². The molecule has 0 unspecified atom stereocenters. The van der Waals surface area contributed by atoms with Crippen LogP contribution in [0.4, 0.5) is 5.69 Å². The van der Waals surface area contributed by atoms with Crippen molar-refractivity contribution in [3.63, 3.8) is 0 Å². The summed E-state index contributed by atoms with van der Waals surface area (Å²) in [6.07, 6.45) is 5.17. The van der Waals surface area contributed by atoms with E-state index in [0.29, 0.717) is 52.1 Å². The Labute approximate surface area is 294 Å². The standard InChI is InChI=1S/C36H34N6O4S3/c1-24-17-19-39(20-18-24)49(45,46)30-16-10-11-26(21-30)32-27(23-40(37-32)28-12-6-4-7-13-28)22-31-34(43)41(36(47)48-31)33-25(2)38(3)42(35(33)44)29-14-8-5-9-15-29/h4-16,21-24H,17-20H2,1-3H3. The minimum absolute atomic E-state index is 0.195. The minimum Gasteiger partial charge on any atom is -0.283 e. The zero-order valence-corrected chi connectivity index (χ0v) is 29.6. The van der Waals surface area contributed by atoms with Crippen LogP contribution in [0.1, 0.15) is 31.0 Å². The van der Waals surface area contributed by atoms with Crippen LogP contribution in [0.15, 0.2) is 106 Å². The average molecular weight is 711 g/mol. The maximum Gasteiger partial charge on any atom is 0.296 e. The number of anilines is 1. The molecule has 49 heavy (non-hydrogen) atoms. The van der Waals surface area contributed by atoms with Crippen molar-refractivity contribution >= 4 is 56.0 Å². The molecule has 2 aliphatic rings. The van der Waals surface area contributed by atoms with Gasteiger partial charge in [-0.25, -0.2) is 17.8 Å². The summed E-state index contributed by atoms with van der Waals surface area (Å²) in [4.78, 5) is 29.7. The van der Waals surface area contributed by atoms with Crippen LogP contribution in [0.5, 0.6) is 0 Å². The number of para-hydroxylation sites is 2. The Bertz CT molecular complexity index is 2280. The Balaban J connectivity index is 1.29. The Morgan fingerprint density at radius 3 is 2.24 bits per heavy atom. The van der Waals surface area contributed by atoms with Crippen molar-refractivity contribution in [2.45, 2.75) is 31.6 Å². The van der Waals surface area contributed by atoms with E-state index < -0.39 is 15.9 Å². The number of hydrogen-bond acceptors (Lipinski definition) is 7. The molecule has 0 spiro atoms. The molecule has 2 saturated heterocycles. The van der Waals surface area contributed by atoms with E-state index >= 15 is 0 Å². The summed E-state index contributed by atoms with van der Waals surface area (Å²) in [7, 11) is -1.94. The second-order valence-electron chi connectivity index (χ2n) is 12.3. The van der Waals surface area contributed by atoms with Crippen molar-refractivity contribution in [2.24, 2.45) is 13.0 Å². The van der Waals surface area contributed by atoms with E-state index in [1.54, 1.807) is 58.1 Å². The van der Waals surface area contributed by atoms with Crippen LogP contribution < -0.4 is 10.5 Å². The van der Waals surface area contributed by atoms with Gasteiger partial charge in [-0.15, -0.1) is 0 Å². The van der Waals surface area contributed by atoms with Crippen molar-refractivity contribution in [1.82, 2.24) is 23.4 Å². The first-order chi connectivity index (χ1) is 23.5. The van der Waals surface area contributed by atoms with E-state index in [-0.39, 0.29) is 20.5 Å². The van der Waals surface area contributed by atoms with Gasteiger partial charge in [0, 0.05) is 37.5 Å². The predicted molar refractivity (Wildman–Crippen MR) is 198 cm³/mol. The molecule has 0 bridgehead atoms. The van der Waals surface area contributed by atoms with E-state index in [4.69, 9.17) is 17.3 Å². The smallest absolute Gasteiger partial charge is 0.283 e. The third kappa shape index (κ3) is 6.01. The van der Waals surface area contributed by atoms with Crippen molar-refractivity contribution in [2.75, 3.05) is 18.0 Å². The molecule has 0 N–H and O–H groups in total. The lowest BCUT2D eigenvalue weighted by Crippen LogP contribution is -2.37. The molecule has 0 aliphatic carbocycles. The molecule has 10 nitrogen and oxygen atoms in total. The molecule has 0 atom stereocenters. The predicted octanol–water partition coefficient (Wildman–Crippen LogP) is 6.16. The van der Waals surface area contributed by atoms with Crippen LogP contribution >= 0.6 is 24.0 Å². The Morgan fingerprint density at radius 1 is 0.918 bits per heavy atom. The van der Waals surface area contributed by atoms with Crippen LogP contribution in [0, 0.1) is 12.8 Å². The first-order valence-electron chi connectivity index (χ1n) is 15.9. The third-order valence-electron chi connectivity index (χ3n) is 9.08. The number of aromatic nitrogens is 4. The fourth-order valence-electron chi connectivity index (χ4n) is 6.22. The number of hydrogen-bond donors (Lipinski definition) is 0. The summed E-state index contributed by atoms with van der Waals surface area (Å²) in [5.74, 6) is 0.0704. The van der Waals surface area contributed by atoms with Gasteiger partial charge < -0.3 is 0 Å². The summed E-state index contributed by atoms with van der Waals surface area (Å²) >= 11 is 6.80. The number of amides is 1. The van der Waals surface area contributed by atoms with Crippen LogP contribution in [0.25, 0.3) is 28.7 Å². The van der Waals surface area contributed by atoms with E-state index in [1.807, 2.05) is 66.7 Å². The molecule has 4 heterocycles. The molecule has 2 fully saturated rings. The van der Waals surface area contributed by atoms with Crippen molar-refractivity contribution < 1.29 is 13.2 Å². The van der Waals surface area contributed by atoms with Gasteiger partial charge in [-0.2, -0.15) is 9.40 Å². The van der Waals surface area contributed by atoms with Crippen molar-refractivity contribution in [1.29, 1.82) is 0 Å². The summed E-state index contributed by atoms with van der Waals surface area (Å²) in [6, 6.07) is 25.5. The molecule has 2 aromatic heterocycles. The molecule has 13 heteroatoms. The molecule has 1 amide bonds. The van der Waals surface area contributed by atoms with Crippen LogP contribution in [0.2, 0.25) is 0 Å². The SMILES string of the molecule is Cc1c(N2C(=O)C(=Cc3cn(-c4ccccc4)nc3-c3cccc(S(=O)(=O)N4CCC(C)CC4)c3)SC2=S)c(=O)n(-c2ccccc2)n1C. The summed E-state index contributed by atoms with van der Waals surface area (Å²) in [6.45, 7) is 4.90. The van der Waals surface area contributed by atoms with Gasteiger partial charge in [-0.1, -0.05) is 79.4 Å². The van der Waals surface area contributed by atoms with Gasteiger partial charge in [-0.05, 0) is 68.2 Å². The van der Waals surface area contributed by atoms with E-state index in [1.165, 1.54) is 9.58 Å². The van der Waals surface area contributed by atoms with Crippen LogP contribution in [-0.4, -0.2) is 55.2 Å². The molecule has 2 aliphatic heterocycles. The quantitative estimate of drug-likeness (QED) is 0.147. The highest BCUT2D eigenvalue weighted by molar-refractivity contribution is 8.27. The third-order valence-corrected chi connectivity index (χ3v) is 12.3. The lowest BCUT2D eigenvalue weighted by Gasteiger charge is -2.29. The van der Waals surface area contributed by atoms with Crippen molar-refractivity contribution in [3.05, 3.63) is 118 Å². The van der Waals surface area contributed by atoms with Gasteiger partial charge in [0.2, 0.25) is 10.0 Å². The number of benzene rings is 3. The molecular weight excluding hydrogens is 677 g/mol. The van der Waals surface area contributed by atoms with Gasteiger partial charge in [-0.3, -0.25) is 19.2 Å². The second-order valence-corrected chi connectivity index (χ2v) is 15.9. The normalized spacial score (nSPS) is 17.0. The molecule has 0 radical (unpaired) electrons. The molecule has 3 aromatic carbocycles. The first kappa shape index (κ1) is 33.0. The minimum atomic E-state index is -3.71. The number of piperidine rings is 1. The van der Waals surface area contributed by atoms with Gasteiger partial charge in [0.1, 0.15) is 11.4 Å². The zero-order valence-electron chi connectivity index (χ0n) is 27.2. The van der Waals surface area contributed by atoms with Crippen molar-refractivity contribution in [3.8, 4) is 22.6 Å². The highest BCUT2D eigenvalue weighted by Gasteiger charge is 2.38. The number of thiocarbonyl (C=S) groups is 1. The van der Waals surface area contributed by atoms with E-state index in [2.05, 4.69) is 6.92 Å². The average Bonchev–Trinajstić information content (AvgIpc) is 3.72. The van der Waals surface area contributed by atoms with E-state index in [0.717, 1.165) is 30.3 Å². The number of sulfonamides is 1. The topological polar surface area (TPSA) is 102 Å². The molecule has 250 valence electrons. The van der Waals surface area contributed by atoms with Crippen LogP contribution in [0.3, 0.4) is 0 Å². The van der Waals surface area contributed by atoms with Gasteiger partial charge >= 0.3 is 0 Å². The second kappa shape index (κ2) is 13.0. The molecule has 5 aromatic rings. The monoisotopic (exact) mass is 710 g/mol. The number of carbonyl (C=O) groups excluding carboxylic acids is 1. The zero-order chi connectivity index (χ0) is 34.4. The highest BCUT2D eigenvalue weighted by Crippen LogP contribution is 2.38. The molecule has 0 saturated carbocycles.